The first-order valence-electron chi connectivity index (χ1n) is 7.65. The van der Waals surface area contributed by atoms with Gasteiger partial charge >= 0.3 is 6.03 Å². The van der Waals surface area contributed by atoms with Gasteiger partial charge in [-0.1, -0.05) is 0 Å². The summed E-state index contributed by atoms with van der Waals surface area (Å²) >= 11 is 0. The van der Waals surface area contributed by atoms with Crippen LogP contribution in [0.4, 0.5) is 19.3 Å². The van der Waals surface area contributed by atoms with Crippen LogP contribution in [0.15, 0.2) is 18.2 Å². The minimum atomic E-state index is -2.69. The Morgan fingerprint density at radius 2 is 2.13 bits per heavy atom. The summed E-state index contributed by atoms with van der Waals surface area (Å²) in [6, 6.07) is 5.03. The molecule has 0 bridgehead atoms. The predicted octanol–water partition coefficient (Wildman–Crippen LogP) is 3.43. The van der Waals surface area contributed by atoms with Crippen molar-refractivity contribution in [2.24, 2.45) is 0 Å². The first-order valence-corrected chi connectivity index (χ1v) is 7.65. The Kier molecular flexibility index (Phi) is 5.63. The van der Waals surface area contributed by atoms with Crippen molar-refractivity contribution < 1.29 is 23.0 Å². The van der Waals surface area contributed by atoms with Gasteiger partial charge in [0.25, 0.3) is 0 Å². The second kappa shape index (κ2) is 7.48. The number of benzene rings is 1. The Hall–Kier alpha value is -2.05. The molecule has 0 aromatic heterocycles. The number of anilines is 1. The van der Waals surface area contributed by atoms with Gasteiger partial charge in [-0.05, 0) is 31.9 Å². The van der Waals surface area contributed by atoms with Crippen molar-refractivity contribution in [3.63, 3.8) is 0 Å². The standard InChI is InChI=1S/C16H22F2N2O3/c1-16(17,18)7-3-10-23-14-11-12(5-6-13(14)22-2)20-9-4-8-19-15(20)21/h5-6,11H,3-4,7-10H2,1-2H3,(H,19,21). The van der Waals surface area contributed by atoms with Gasteiger partial charge < -0.3 is 14.8 Å². The number of urea groups is 1. The number of ether oxygens (including phenoxy) is 2. The molecular formula is C16H22F2N2O3. The van der Waals surface area contributed by atoms with E-state index in [-0.39, 0.29) is 25.5 Å². The highest BCUT2D eigenvalue weighted by Crippen LogP contribution is 2.32. The van der Waals surface area contributed by atoms with E-state index in [1.807, 2.05) is 0 Å². The van der Waals surface area contributed by atoms with E-state index in [1.54, 1.807) is 23.1 Å². The van der Waals surface area contributed by atoms with Crippen molar-refractivity contribution in [3.05, 3.63) is 18.2 Å². The summed E-state index contributed by atoms with van der Waals surface area (Å²) < 4.78 is 36.4. The molecule has 1 aliphatic rings. The Bertz CT molecular complexity index is 547. The summed E-state index contributed by atoms with van der Waals surface area (Å²) in [5, 5.41) is 2.78. The van der Waals surface area contributed by atoms with Crippen LogP contribution in [-0.4, -0.2) is 38.8 Å². The van der Waals surface area contributed by atoms with E-state index in [4.69, 9.17) is 9.47 Å². The third-order valence-corrected chi connectivity index (χ3v) is 3.56. The molecule has 0 radical (unpaired) electrons. The Morgan fingerprint density at radius 1 is 1.35 bits per heavy atom. The summed E-state index contributed by atoms with van der Waals surface area (Å²) in [5.74, 6) is -1.74. The molecule has 0 atom stereocenters. The van der Waals surface area contributed by atoms with Crippen LogP contribution >= 0.6 is 0 Å². The molecule has 23 heavy (non-hydrogen) atoms. The highest BCUT2D eigenvalue weighted by Gasteiger charge is 2.22. The number of halogens is 2. The third kappa shape index (κ3) is 4.97. The van der Waals surface area contributed by atoms with Gasteiger partial charge in [0.2, 0.25) is 5.92 Å². The predicted molar refractivity (Wildman–Crippen MR) is 83.7 cm³/mol. The van der Waals surface area contributed by atoms with Gasteiger partial charge in [-0.25, -0.2) is 13.6 Å². The molecular weight excluding hydrogens is 306 g/mol. The molecule has 1 aromatic carbocycles. The fourth-order valence-electron chi connectivity index (χ4n) is 2.39. The van der Waals surface area contributed by atoms with Gasteiger partial charge in [0.15, 0.2) is 11.5 Å². The lowest BCUT2D eigenvalue weighted by atomic mass is 10.2. The molecule has 0 saturated carbocycles. The number of nitrogens with one attached hydrogen (secondary N) is 1. The number of carbonyl (C=O) groups excluding carboxylic acids is 1. The fraction of sp³-hybridized carbons (Fsp3) is 0.562. The maximum atomic E-state index is 12.8. The first-order chi connectivity index (χ1) is 10.9. The molecule has 1 saturated heterocycles. The molecule has 1 fully saturated rings. The molecule has 2 rings (SSSR count). The van der Waals surface area contributed by atoms with Crippen LogP contribution in [0.1, 0.15) is 26.2 Å². The van der Waals surface area contributed by atoms with Gasteiger partial charge in [0, 0.05) is 31.3 Å². The summed E-state index contributed by atoms with van der Waals surface area (Å²) in [6.07, 6.45) is 0.865. The molecule has 0 aliphatic carbocycles. The van der Waals surface area contributed by atoms with Gasteiger partial charge in [-0.2, -0.15) is 0 Å². The van der Waals surface area contributed by atoms with Crippen LogP contribution in [0.25, 0.3) is 0 Å². The number of hydrogen-bond acceptors (Lipinski definition) is 3. The Balaban J connectivity index is 2.05. The monoisotopic (exact) mass is 328 g/mol. The number of rotatable bonds is 7. The topological polar surface area (TPSA) is 50.8 Å². The minimum Gasteiger partial charge on any atom is -0.493 e. The molecule has 1 aromatic rings. The number of methoxy groups -OCH3 is 1. The highest BCUT2D eigenvalue weighted by atomic mass is 19.3. The molecule has 1 N–H and O–H groups in total. The second-order valence-electron chi connectivity index (χ2n) is 5.59. The van der Waals surface area contributed by atoms with E-state index in [0.29, 0.717) is 30.3 Å². The van der Waals surface area contributed by atoms with Gasteiger partial charge in [-0.3, -0.25) is 4.90 Å². The SMILES string of the molecule is COc1ccc(N2CCCNC2=O)cc1OCCCC(C)(F)F. The summed E-state index contributed by atoms with van der Waals surface area (Å²) in [6.45, 7) is 2.35. The third-order valence-electron chi connectivity index (χ3n) is 3.56. The van der Waals surface area contributed by atoms with Gasteiger partial charge in [-0.15, -0.1) is 0 Å². The van der Waals surface area contributed by atoms with Crippen molar-refractivity contribution in [2.45, 2.75) is 32.1 Å². The summed E-state index contributed by atoms with van der Waals surface area (Å²) in [4.78, 5) is 13.5. The fourth-order valence-corrected chi connectivity index (χ4v) is 2.39. The van der Waals surface area contributed by atoms with Crippen LogP contribution in [0.5, 0.6) is 11.5 Å². The average molecular weight is 328 g/mol. The maximum absolute atomic E-state index is 12.8. The normalized spacial score (nSPS) is 15.3. The number of amides is 2. The van der Waals surface area contributed by atoms with Crippen LogP contribution in [0.2, 0.25) is 0 Å². The van der Waals surface area contributed by atoms with Crippen LogP contribution in [-0.2, 0) is 0 Å². The van der Waals surface area contributed by atoms with Crippen molar-refractivity contribution in [1.82, 2.24) is 5.32 Å². The lowest BCUT2D eigenvalue weighted by Gasteiger charge is -2.28. The number of hydrogen-bond donors (Lipinski definition) is 1. The number of nitrogens with zero attached hydrogens (tertiary/aromatic N) is 1. The molecule has 7 heteroatoms. The van der Waals surface area contributed by atoms with E-state index in [0.717, 1.165) is 13.3 Å². The first kappa shape index (κ1) is 17.3. The van der Waals surface area contributed by atoms with Crippen LogP contribution in [0, 0.1) is 0 Å². The van der Waals surface area contributed by atoms with Crippen LogP contribution in [0.3, 0.4) is 0 Å². The van der Waals surface area contributed by atoms with Crippen molar-refractivity contribution in [2.75, 3.05) is 31.7 Å². The Morgan fingerprint density at radius 3 is 2.78 bits per heavy atom. The van der Waals surface area contributed by atoms with Crippen LogP contribution < -0.4 is 19.7 Å². The van der Waals surface area contributed by atoms with E-state index < -0.39 is 5.92 Å². The second-order valence-corrected chi connectivity index (χ2v) is 5.59. The maximum Gasteiger partial charge on any atom is 0.321 e. The Labute approximate surface area is 134 Å². The molecule has 128 valence electrons. The van der Waals surface area contributed by atoms with E-state index in [1.165, 1.54) is 7.11 Å². The molecule has 0 unspecified atom stereocenters. The lowest BCUT2D eigenvalue weighted by Crippen LogP contribution is -2.46. The minimum absolute atomic E-state index is 0.155. The smallest absolute Gasteiger partial charge is 0.321 e. The van der Waals surface area contributed by atoms with Crippen molar-refractivity contribution in [1.29, 1.82) is 0 Å². The van der Waals surface area contributed by atoms with E-state index in [2.05, 4.69) is 5.32 Å². The number of alkyl halides is 2. The van der Waals surface area contributed by atoms with E-state index >= 15 is 0 Å². The lowest BCUT2D eigenvalue weighted by molar-refractivity contribution is 0.00763. The number of carbonyl (C=O) groups is 1. The average Bonchev–Trinajstić information content (AvgIpc) is 2.51. The largest absolute Gasteiger partial charge is 0.493 e. The quantitative estimate of drug-likeness (QED) is 0.780. The highest BCUT2D eigenvalue weighted by molar-refractivity contribution is 5.93. The van der Waals surface area contributed by atoms with Gasteiger partial charge in [0.1, 0.15) is 0 Å². The molecule has 1 heterocycles. The van der Waals surface area contributed by atoms with E-state index in [9.17, 15) is 13.6 Å². The van der Waals surface area contributed by atoms with Crippen molar-refractivity contribution >= 4 is 11.7 Å². The summed E-state index contributed by atoms with van der Waals surface area (Å²) in [5.41, 5.74) is 0.693. The molecule has 2 amide bonds. The molecule has 0 spiro atoms. The molecule has 1 aliphatic heterocycles. The van der Waals surface area contributed by atoms with Gasteiger partial charge in [0.05, 0.1) is 13.7 Å². The molecule has 5 nitrogen and oxygen atoms in total. The zero-order valence-electron chi connectivity index (χ0n) is 13.4. The van der Waals surface area contributed by atoms with Crippen molar-refractivity contribution in [3.8, 4) is 11.5 Å². The summed E-state index contributed by atoms with van der Waals surface area (Å²) in [7, 11) is 1.51. The zero-order valence-corrected chi connectivity index (χ0v) is 13.4. The zero-order chi connectivity index (χ0) is 16.9.